The first-order chi connectivity index (χ1) is 14.5. The van der Waals surface area contributed by atoms with Crippen molar-refractivity contribution in [2.75, 3.05) is 16.8 Å². The molecule has 7 heteroatoms. The van der Waals surface area contributed by atoms with E-state index in [9.17, 15) is 9.59 Å². The number of rotatable bonds is 6. The summed E-state index contributed by atoms with van der Waals surface area (Å²) in [6.45, 7) is 4.14. The molecule has 0 spiro atoms. The molecule has 0 radical (unpaired) electrons. The summed E-state index contributed by atoms with van der Waals surface area (Å²) in [5.41, 5.74) is 2.45. The summed E-state index contributed by atoms with van der Waals surface area (Å²) in [7, 11) is 0. The summed E-state index contributed by atoms with van der Waals surface area (Å²) in [5, 5.41) is 5.62. The maximum absolute atomic E-state index is 13.5. The largest absolute Gasteiger partial charge is 0.492 e. The summed E-state index contributed by atoms with van der Waals surface area (Å²) in [6.07, 6.45) is 0. The zero-order valence-electron chi connectivity index (χ0n) is 16.4. The summed E-state index contributed by atoms with van der Waals surface area (Å²) in [6, 6.07) is 16.1. The lowest BCUT2D eigenvalue weighted by molar-refractivity contribution is -0.120. The second-order valence-corrected chi connectivity index (χ2v) is 7.97. The molecule has 0 saturated heterocycles. The highest BCUT2D eigenvalue weighted by atomic mass is 35.5. The van der Waals surface area contributed by atoms with E-state index < -0.39 is 11.8 Å². The first-order valence-electron chi connectivity index (χ1n) is 9.43. The Morgan fingerprint density at radius 3 is 2.57 bits per heavy atom. The van der Waals surface area contributed by atoms with Crippen molar-refractivity contribution < 1.29 is 14.3 Å². The SMILES string of the molecule is CCOc1ccccc1N1C(=O)C(Nc2cccc(Cl)c2C)=C(c2cccs2)C1=O. The van der Waals surface area contributed by atoms with Crippen LogP contribution in [0.1, 0.15) is 17.4 Å². The van der Waals surface area contributed by atoms with Gasteiger partial charge in [0.25, 0.3) is 11.8 Å². The van der Waals surface area contributed by atoms with Gasteiger partial charge >= 0.3 is 0 Å². The first-order valence-corrected chi connectivity index (χ1v) is 10.7. The number of ether oxygens (including phenoxy) is 1. The summed E-state index contributed by atoms with van der Waals surface area (Å²) >= 11 is 7.65. The molecule has 0 saturated carbocycles. The van der Waals surface area contributed by atoms with Crippen LogP contribution in [0.5, 0.6) is 5.75 Å². The number of anilines is 2. The predicted molar refractivity (Wildman–Crippen MR) is 121 cm³/mol. The Labute approximate surface area is 183 Å². The maximum atomic E-state index is 13.5. The molecular formula is C23H19ClN2O3S. The topological polar surface area (TPSA) is 58.6 Å². The summed E-state index contributed by atoms with van der Waals surface area (Å²) < 4.78 is 5.66. The number of carbonyl (C=O) groups is 2. The van der Waals surface area contributed by atoms with E-state index >= 15 is 0 Å². The Hall–Kier alpha value is -3.09. The van der Waals surface area contributed by atoms with Gasteiger partial charge in [-0.05, 0) is 55.1 Å². The summed E-state index contributed by atoms with van der Waals surface area (Å²) in [4.78, 5) is 28.8. The van der Waals surface area contributed by atoms with Gasteiger partial charge in [-0.25, -0.2) is 4.90 Å². The van der Waals surface area contributed by atoms with Crippen LogP contribution in [0.15, 0.2) is 65.7 Å². The number of halogens is 1. The number of nitrogens with zero attached hydrogens (tertiary/aromatic N) is 1. The van der Waals surface area contributed by atoms with Crippen LogP contribution in [0.3, 0.4) is 0 Å². The Morgan fingerprint density at radius 1 is 1.03 bits per heavy atom. The number of thiophene rings is 1. The number of hydrogen-bond donors (Lipinski definition) is 1. The second-order valence-electron chi connectivity index (χ2n) is 6.61. The lowest BCUT2D eigenvalue weighted by Gasteiger charge is -2.19. The molecule has 0 atom stereocenters. The number of amides is 2. The standard InChI is InChI=1S/C23H19ClN2O3S/c1-3-29-18-11-5-4-10-17(18)26-22(27)20(19-12-7-13-30-19)21(23(26)28)25-16-9-6-8-15(24)14(16)2/h4-13,25H,3H2,1-2H3. The highest BCUT2D eigenvalue weighted by molar-refractivity contribution is 7.11. The normalized spacial score (nSPS) is 13.9. The Balaban J connectivity index is 1.83. The van der Waals surface area contributed by atoms with E-state index in [1.54, 1.807) is 30.3 Å². The van der Waals surface area contributed by atoms with Crippen molar-refractivity contribution in [3.63, 3.8) is 0 Å². The predicted octanol–water partition coefficient (Wildman–Crippen LogP) is 5.51. The Kier molecular flexibility index (Phi) is 5.61. The molecule has 1 N–H and O–H groups in total. The van der Waals surface area contributed by atoms with Crippen LogP contribution in [-0.4, -0.2) is 18.4 Å². The zero-order valence-corrected chi connectivity index (χ0v) is 18.0. The van der Waals surface area contributed by atoms with Crippen molar-refractivity contribution in [1.29, 1.82) is 0 Å². The Morgan fingerprint density at radius 2 is 1.83 bits per heavy atom. The van der Waals surface area contributed by atoms with Gasteiger partial charge in [0.05, 0.1) is 17.9 Å². The molecule has 1 aliphatic rings. The summed E-state index contributed by atoms with van der Waals surface area (Å²) in [5.74, 6) is -0.348. The van der Waals surface area contributed by atoms with Crippen LogP contribution in [-0.2, 0) is 9.59 Å². The molecular weight excluding hydrogens is 420 g/mol. The first kappa shape index (κ1) is 20.2. The minimum Gasteiger partial charge on any atom is -0.492 e. The number of imide groups is 1. The molecule has 4 rings (SSSR count). The van der Waals surface area contributed by atoms with Gasteiger partial charge in [-0.3, -0.25) is 9.59 Å². The molecule has 152 valence electrons. The lowest BCUT2D eigenvalue weighted by atomic mass is 10.1. The molecule has 0 aliphatic carbocycles. The molecule has 2 aromatic carbocycles. The number of hydrogen-bond acceptors (Lipinski definition) is 5. The van der Waals surface area contributed by atoms with Gasteiger partial charge in [-0.1, -0.05) is 35.9 Å². The van der Waals surface area contributed by atoms with E-state index in [4.69, 9.17) is 16.3 Å². The van der Waals surface area contributed by atoms with E-state index in [2.05, 4.69) is 5.32 Å². The minimum absolute atomic E-state index is 0.221. The van der Waals surface area contributed by atoms with Crippen molar-refractivity contribution in [3.8, 4) is 5.75 Å². The highest BCUT2D eigenvalue weighted by Crippen LogP contribution is 2.39. The fourth-order valence-corrected chi connectivity index (χ4v) is 4.25. The van der Waals surface area contributed by atoms with Crippen molar-refractivity contribution in [2.45, 2.75) is 13.8 Å². The van der Waals surface area contributed by atoms with Crippen LogP contribution in [0.2, 0.25) is 5.02 Å². The van der Waals surface area contributed by atoms with Crippen molar-refractivity contribution in [2.24, 2.45) is 0 Å². The monoisotopic (exact) mass is 438 g/mol. The van der Waals surface area contributed by atoms with E-state index in [-0.39, 0.29) is 5.70 Å². The number of benzene rings is 2. The van der Waals surface area contributed by atoms with Gasteiger partial charge < -0.3 is 10.1 Å². The maximum Gasteiger partial charge on any atom is 0.282 e. The van der Waals surface area contributed by atoms with Crippen LogP contribution >= 0.6 is 22.9 Å². The Bertz CT molecular complexity index is 1160. The molecule has 1 aliphatic heterocycles. The molecule has 2 heterocycles. The van der Waals surface area contributed by atoms with E-state index in [0.29, 0.717) is 39.2 Å². The fraction of sp³-hybridized carbons (Fsp3) is 0.130. The number of carbonyl (C=O) groups excluding carboxylic acids is 2. The number of nitrogens with one attached hydrogen (secondary N) is 1. The second kappa shape index (κ2) is 8.34. The third-order valence-corrected chi connectivity index (χ3v) is 6.08. The van der Waals surface area contributed by atoms with E-state index in [1.807, 2.05) is 43.5 Å². The van der Waals surface area contributed by atoms with Gasteiger partial charge in [0.2, 0.25) is 0 Å². The molecule has 0 fully saturated rings. The van der Waals surface area contributed by atoms with E-state index in [1.165, 1.54) is 16.2 Å². The van der Waals surface area contributed by atoms with Gasteiger partial charge in [0, 0.05) is 15.6 Å². The molecule has 0 bridgehead atoms. The van der Waals surface area contributed by atoms with E-state index in [0.717, 1.165) is 5.56 Å². The highest BCUT2D eigenvalue weighted by Gasteiger charge is 2.42. The zero-order chi connectivity index (χ0) is 21.3. The molecule has 5 nitrogen and oxygen atoms in total. The average Bonchev–Trinajstić information content (AvgIpc) is 3.33. The van der Waals surface area contributed by atoms with Crippen molar-refractivity contribution in [3.05, 3.63) is 81.1 Å². The van der Waals surface area contributed by atoms with Gasteiger partial charge in [-0.2, -0.15) is 0 Å². The third-order valence-electron chi connectivity index (χ3n) is 4.78. The van der Waals surface area contributed by atoms with Crippen LogP contribution in [0.4, 0.5) is 11.4 Å². The fourth-order valence-electron chi connectivity index (χ4n) is 3.31. The van der Waals surface area contributed by atoms with Gasteiger partial charge in [-0.15, -0.1) is 11.3 Å². The third kappa shape index (κ3) is 3.49. The van der Waals surface area contributed by atoms with Gasteiger partial charge in [0.1, 0.15) is 11.4 Å². The quantitative estimate of drug-likeness (QED) is 0.516. The van der Waals surface area contributed by atoms with Crippen molar-refractivity contribution >= 4 is 51.7 Å². The average molecular weight is 439 g/mol. The minimum atomic E-state index is -0.435. The molecule has 2 amide bonds. The van der Waals surface area contributed by atoms with Crippen LogP contribution in [0, 0.1) is 6.92 Å². The van der Waals surface area contributed by atoms with Gasteiger partial charge in [0.15, 0.2) is 0 Å². The van der Waals surface area contributed by atoms with Crippen LogP contribution < -0.4 is 15.0 Å². The molecule has 30 heavy (non-hydrogen) atoms. The van der Waals surface area contributed by atoms with Crippen molar-refractivity contribution in [1.82, 2.24) is 0 Å². The molecule has 3 aromatic rings. The lowest BCUT2D eigenvalue weighted by Crippen LogP contribution is -2.32. The molecule has 0 unspecified atom stereocenters. The smallest absolute Gasteiger partial charge is 0.282 e. The van der Waals surface area contributed by atoms with Crippen LogP contribution in [0.25, 0.3) is 5.57 Å². The number of para-hydroxylation sites is 2. The molecule has 1 aromatic heterocycles.